The molecule has 3 heteroatoms. The second-order valence-corrected chi connectivity index (χ2v) is 6.43. The number of rotatable bonds is 2. The van der Waals surface area contributed by atoms with Gasteiger partial charge in [-0.25, -0.2) is 0 Å². The van der Waals surface area contributed by atoms with E-state index in [-0.39, 0.29) is 0 Å². The lowest BCUT2D eigenvalue weighted by molar-refractivity contribution is 0.728. The van der Waals surface area contributed by atoms with Gasteiger partial charge in [0.05, 0.1) is 23.4 Å². The molecule has 1 unspecified atom stereocenters. The molecule has 0 bridgehead atoms. The van der Waals surface area contributed by atoms with Crippen molar-refractivity contribution < 1.29 is 0 Å². The Bertz CT molecular complexity index is 785. The van der Waals surface area contributed by atoms with E-state index in [4.69, 9.17) is 0 Å². The molecule has 1 N–H and O–H groups in total. The SMILES string of the molecule is c1ccc2c(c1)SCCC2Nc1cnc2ccccc2c1. The molecule has 3 aromatic rings. The van der Waals surface area contributed by atoms with Crippen molar-refractivity contribution in [2.45, 2.75) is 17.4 Å². The molecule has 0 aliphatic carbocycles. The van der Waals surface area contributed by atoms with E-state index in [0.717, 1.165) is 23.4 Å². The van der Waals surface area contributed by atoms with Crippen molar-refractivity contribution in [3.05, 3.63) is 66.4 Å². The lowest BCUT2D eigenvalue weighted by Gasteiger charge is -2.26. The van der Waals surface area contributed by atoms with E-state index < -0.39 is 0 Å². The topological polar surface area (TPSA) is 24.9 Å². The smallest absolute Gasteiger partial charge is 0.0703 e. The average Bonchev–Trinajstić information content (AvgIpc) is 2.55. The van der Waals surface area contributed by atoms with Crippen LogP contribution in [0.5, 0.6) is 0 Å². The molecule has 0 radical (unpaired) electrons. The van der Waals surface area contributed by atoms with Crippen LogP contribution >= 0.6 is 11.8 Å². The zero-order valence-electron chi connectivity index (χ0n) is 11.6. The first-order chi connectivity index (χ1) is 10.4. The molecule has 2 heterocycles. The van der Waals surface area contributed by atoms with Gasteiger partial charge in [-0.15, -0.1) is 11.8 Å². The van der Waals surface area contributed by atoms with Gasteiger partial charge >= 0.3 is 0 Å². The Kier molecular flexibility index (Phi) is 3.28. The summed E-state index contributed by atoms with van der Waals surface area (Å²) >= 11 is 1.95. The molecule has 2 nitrogen and oxygen atoms in total. The Morgan fingerprint density at radius 1 is 1.05 bits per heavy atom. The molecule has 1 aliphatic heterocycles. The van der Waals surface area contributed by atoms with Crippen molar-refractivity contribution in [1.29, 1.82) is 0 Å². The normalized spacial score (nSPS) is 17.4. The van der Waals surface area contributed by atoms with E-state index in [2.05, 4.69) is 52.8 Å². The largest absolute Gasteiger partial charge is 0.377 e. The van der Waals surface area contributed by atoms with Crippen molar-refractivity contribution in [1.82, 2.24) is 4.98 Å². The molecule has 1 atom stereocenters. The number of thioether (sulfide) groups is 1. The zero-order chi connectivity index (χ0) is 14.1. The molecule has 21 heavy (non-hydrogen) atoms. The Labute approximate surface area is 128 Å². The fourth-order valence-corrected chi connectivity index (χ4v) is 3.97. The van der Waals surface area contributed by atoms with Gasteiger partial charge < -0.3 is 5.32 Å². The van der Waals surface area contributed by atoms with E-state index in [9.17, 15) is 0 Å². The molecule has 0 fully saturated rings. The summed E-state index contributed by atoms with van der Waals surface area (Å²) in [6.07, 6.45) is 3.08. The van der Waals surface area contributed by atoms with E-state index in [0.29, 0.717) is 6.04 Å². The van der Waals surface area contributed by atoms with Crippen molar-refractivity contribution in [3.8, 4) is 0 Å². The first-order valence-electron chi connectivity index (χ1n) is 7.23. The molecule has 0 amide bonds. The summed E-state index contributed by atoms with van der Waals surface area (Å²) in [4.78, 5) is 5.93. The Hall–Kier alpha value is -2.00. The van der Waals surface area contributed by atoms with E-state index in [1.807, 2.05) is 30.1 Å². The summed E-state index contributed by atoms with van der Waals surface area (Å²) in [6.45, 7) is 0. The predicted molar refractivity (Wildman–Crippen MR) is 89.9 cm³/mol. The summed E-state index contributed by atoms with van der Waals surface area (Å²) in [6, 6.07) is 19.5. The Balaban J connectivity index is 1.66. The number of hydrogen-bond donors (Lipinski definition) is 1. The van der Waals surface area contributed by atoms with Gasteiger partial charge in [0.1, 0.15) is 0 Å². The molecule has 2 aromatic carbocycles. The van der Waals surface area contributed by atoms with Crippen LogP contribution in [0, 0.1) is 0 Å². The van der Waals surface area contributed by atoms with Gasteiger partial charge in [-0.3, -0.25) is 4.98 Å². The molecule has 0 saturated carbocycles. The molecule has 1 aromatic heterocycles. The van der Waals surface area contributed by atoms with Crippen LogP contribution in [-0.4, -0.2) is 10.7 Å². The molecular formula is C18H16N2S. The maximum absolute atomic E-state index is 4.53. The van der Waals surface area contributed by atoms with Gasteiger partial charge in [0.15, 0.2) is 0 Å². The molecule has 4 rings (SSSR count). The lowest BCUT2D eigenvalue weighted by Crippen LogP contribution is -2.16. The van der Waals surface area contributed by atoms with Crippen molar-refractivity contribution in [2.24, 2.45) is 0 Å². The summed E-state index contributed by atoms with van der Waals surface area (Å²) in [5, 5.41) is 4.83. The third kappa shape index (κ3) is 2.49. The number of hydrogen-bond acceptors (Lipinski definition) is 3. The first-order valence-corrected chi connectivity index (χ1v) is 8.22. The highest BCUT2D eigenvalue weighted by Gasteiger charge is 2.20. The fraction of sp³-hybridized carbons (Fsp3) is 0.167. The summed E-state index contributed by atoms with van der Waals surface area (Å²) < 4.78 is 0. The minimum Gasteiger partial charge on any atom is -0.377 e. The van der Waals surface area contributed by atoms with Gasteiger partial charge in [0, 0.05) is 16.0 Å². The molecule has 0 saturated heterocycles. The van der Waals surface area contributed by atoms with Crippen molar-refractivity contribution in [3.63, 3.8) is 0 Å². The molecular weight excluding hydrogens is 276 g/mol. The number of fused-ring (bicyclic) bond motifs is 2. The zero-order valence-corrected chi connectivity index (χ0v) is 12.4. The highest BCUT2D eigenvalue weighted by atomic mass is 32.2. The second-order valence-electron chi connectivity index (χ2n) is 5.29. The standard InChI is InChI=1S/C18H16N2S/c1-3-7-16-13(5-1)11-14(12-19-16)20-17-9-10-21-18-8-4-2-6-15(17)18/h1-8,11-12,17,20H,9-10H2. The summed E-state index contributed by atoms with van der Waals surface area (Å²) in [7, 11) is 0. The van der Waals surface area contributed by atoms with E-state index in [1.54, 1.807) is 0 Å². The van der Waals surface area contributed by atoms with Gasteiger partial charge in [0.2, 0.25) is 0 Å². The van der Waals surface area contributed by atoms with Gasteiger partial charge in [-0.05, 0) is 30.2 Å². The monoisotopic (exact) mass is 292 g/mol. The maximum Gasteiger partial charge on any atom is 0.0703 e. The maximum atomic E-state index is 4.53. The number of anilines is 1. The molecule has 1 aliphatic rings. The van der Waals surface area contributed by atoms with Crippen LogP contribution in [0.4, 0.5) is 5.69 Å². The van der Waals surface area contributed by atoms with Crippen LogP contribution in [0.2, 0.25) is 0 Å². The summed E-state index contributed by atoms with van der Waals surface area (Å²) in [5.41, 5.74) is 3.55. The van der Waals surface area contributed by atoms with Gasteiger partial charge in [0.25, 0.3) is 0 Å². The Morgan fingerprint density at radius 2 is 1.90 bits per heavy atom. The molecule has 104 valence electrons. The number of pyridine rings is 1. The minimum absolute atomic E-state index is 0.380. The lowest BCUT2D eigenvalue weighted by atomic mass is 10.0. The van der Waals surface area contributed by atoms with Crippen LogP contribution in [-0.2, 0) is 0 Å². The third-order valence-corrected chi connectivity index (χ3v) is 5.01. The highest BCUT2D eigenvalue weighted by Crippen LogP contribution is 2.37. The van der Waals surface area contributed by atoms with Crippen LogP contribution < -0.4 is 5.32 Å². The summed E-state index contributed by atoms with van der Waals surface area (Å²) in [5.74, 6) is 1.16. The number of nitrogens with one attached hydrogen (secondary N) is 1. The fourth-order valence-electron chi connectivity index (χ4n) is 2.84. The number of benzene rings is 2. The van der Waals surface area contributed by atoms with Gasteiger partial charge in [-0.2, -0.15) is 0 Å². The van der Waals surface area contributed by atoms with Crippen LogP contribution in [0.3, 0.4) is 0 Å². The average molecular weight is 292 g/mol. The van der Waals surface area contributed by atoms with Crippen molar-refractivity contribution in [2.75, 3.05) is 11.1 Å². The quantitative estimate of drug-likeness (QED) is 0.728. The predicted octanol–water partition coefficient (Wildman–Crippen LogP) is 4.88. The van der Waals surface area contributed by atoms with Crippen LogP contribution in [0.15, 0.2) is 65.7 Å². The van der Waals surface area contributed by atoms with Gasteiger partial charge in [-0.1, -0.05) is 36.4 Å². The highest BCUT2D eigenvalue weighted by molar-refractivity contribution is 7.99. The second kappa shape index (κ2) is 5.41. The number of nitrogens with zero attached hydrogens (tertiary/aromatic N) is 1. The van der Waals surface area contributed by atoms with Crippen LogP contribution in [0.1, 0.15) is 18.0 Å². The number of aromatic nitrogens is 1. The third-order valence-electron chi connectivity index (χ3n) is 3.89. The minimum atomic E-state index is 0.380. The number of para-hydroxylation sites is 1. The van der Waals surface area contributed by atoms with E-state index in [1.165, 1.54) is 15.8 Å². The van der Waals surface area contributed by atoms with Crippen LogP contribution in [0.25, 0.3) is 10.9 Å². The van der Waals surface area contributed by atoms with Crippen molar-refractivity contribution >= 4 is 28.4 Å². The first kappa shape index (κ1) is 12.7. The Morgan fingerprint density at radius 3 is 2.90 bits per heavy atom. The molecule has 0 spiro atoms. The van der Waals surface area contributed by atoms with E-state index >= 15 is 0 Å².